The van der Waals surface area contributed by atoms with Crippen molar-refractivity contribution in [1.29, 1.82) is 0 Å². The molecule has 1 amide bonds. The Morgan fingerprint density at radius 2 is 1.87 bits per heavy atom. The summed E-state index contributed by atoms with van der Waals surface area (Å²) in [6, 6.07) is 17.1. The Bertz CT molecular complexity index is 887. The van der Waals surface area contributed by atoms with Crippen LogP contribution < -0.4 is 10.6 Å². The van der Waals surface area contributed by atoms with E-state index in [9.17, 15) is 4.79 Å². The molecule has 5 heteroatoms. The first-order valence-electron chi connectivity index (χ1n) is 7.16. The van der Waals surface area contributed by atoms with E-state index in [4.69, 9.17) is 12.2 Å². The Balaban J connectivity index is 1.77. The Morgan fingerprint density at radius 3 is 2.70 bits per heavy atom. The topological polar surface area (TPSA) is 54.0 Å². The monoisotopic (exact) mass is 321 g/mol. The maximum absolute atomic E-state index is 12.5. The smallest absolute Gasteiger partial charge is 0.258 e. The van der Waals surface area contributed by atoms with Crippen molar-refractivity contribution in [2.24, 2.45) is 0 Å². The molecule has 0 aliphatic heterocycles. The van der Waals surface area contributed by atoms with E-state index in [0.29, 0.717) is 11.4 Å². The van der Waals surface area contributed by atoms with Crippen LogP contribution in [0.5, 0.6) is 0 Å². The first-order valence-corrected chi connectivity index (χ1v) is 7.57. The van der Waals surface area contributed by atoms with Crippen LogP contribution >= 0.6 is 12.2 Å². The summed E-state index contributed by atoms with van der Waals surface area (Å²) in [5.41, 5.74) is 1.65. The highest BCUT2D eigenvalue weighted by molar-refractivity contribution is 7.80. The molecule has 0 radical (unpaired) electrons. The molecular weight excluding hydrogens is 306 g/mol. The molecule has 0 fully saturated rings. The van der Waals surface area contributed by atoms with Gasteiger partial charge in [0.1, 0.15) is 5.82 Å². The van der Waals surface area contributed by atoms with Gasteiger partial charge in [0.15, 0.2) is 5.11 Å². The van der Waals surface area contributed by atoms with Gasteiger partial charge in [-0.2, -0.15) is 0 Å². The number of benzene rings is 2. The van der Waals surface area contributed by atoms with E-state index in [-0.39, 0.29) is 11.0 Å². The number of nitrogens with one attached hydrogen (secondary N) is 2. The molecule has 0 spiro atoms. The third kappa shape index (κ3) is 3.52. The van der Waals surface area contributed by atoms with Gasteiger partial charge in [-0.05, 0) is 53.7 Å². The second-order valence-electron chi connectivity index (χ2n) is 5.15. The van der Waals surface area contributed by atoms with Crippen LogP contribution in [0.15, 0.2) is 60.8 Å². The van der Waals surface area contributed by atoms with Gasteiger partial charge in [-0.3, -0.25) is 10.1 Å². The Kier molecular flexibility index (Phi) is 4.30. The number of hydrogen-bond donors (Lipinski definition) is 2. The molecule has 0 bridgehead atoms. The van der Waals surface area contributed by atoms with Crippen molar-refractivity contribution in [1.82, 2.24) is 10.3 Å². The highest BCUT2D eigenvalue weighted by atomic mass is 32.1. The van der Waals surface area contributed by atoms with Gasteiger partial charge < -0.3 is 5.32 Å². The molecule has 114 valence electrons. The summed E-state index contributed by atoms with van der Waals surface area (Å²) >= 11 is 5.20. The summed E-state index contributed by atoms with van der Waals surface area (Å²) in [5, 5.41) is 7.75. The summed E-state index contributed by atoms with van der Waals surface area (Å²) < 4.78 is 0. The second kappa shape index (κ2) is 6.54. The van der Waals surface area contributed by atoms with Crippen LogP contribution in [0.3, 0.4) is 0 Å². The quantitative estimate of drug-likeness (QED) is 0.707. The highest BCUT2D eigenvalue weighted by Gasteiger charge is 2.11. The van der Waals surface area contributed by atoms with Crippen LogP contribution in [-0.4, -0.2) is 16.0 Å². The predicted molar refractivity (Wildman–Crippen MR) is 96.6 cm³/mol. The van der Waals surface area contributed by atoms with Crippen LogP contribution in [0.4, 0.5) is 5.82 Å². The summed E-state index contributed by atoms with van der Waals surface area (Å²) in [7, 11) is 0. The van der Waals surface area contributed by atoms with Crippen molar-refractivity contribution in [2.75, 3.05) is 5.32 Å². The molecule has 0 unspecified atom stereocenters. The average Bonchev–Trinajstić information content (AvgIpc) is 2.54. The van der Waals surface area contributed by atoms with Gasteiger partial charge in [-0.1, -0.05) is 36.4 Å². The average molecular weight is 321 g/mol. The normalized spacial score (nSPS) is 10.3. The lowest BCUT2D eigenvalue weighted by Gasteiger charge is -2.10. The standard InChI is InChI=1S/C18H15N3OS/c1-12-9-10-19-16(11-12)20-18(23)21-17(22)15-8-4-6-13-5-2-3-7-14(13)15/h2-11H,1H3,(H2,19,20,21,22,23). The Labute approximate surface area is 139 Å². The zero-order valence-corrected chi connectivity index (χ0v) is 13.4. The number of hydrogen-bond acceptors (Lipinski definition) is 3. The molecule has 0 saturated heterocycles. The lowest BCUT2D eigenvalue weighted by atomic mass is 10.0. The molecule has 3 rings (SSSR count). The fourth-order valence-corrected chi connectivity index (χ4v) is 2.54. The number of aromatic nitrogens is 1. The van der Waals surface area contributed by atoms with Crippen LogP contribution in [0, 0.1) is 6.92 Å². The van der Waals surface area contributed by atoms with E-state index in [2.05, 4.69) is 15.6 Å². The van der Waals surface area contributed by atoms with Gasteiger partial charge in [0, 0.05) is 11.8 Å². The van der Waals surface area contributed by atoms with E-state index in [0.717, 1.165) is 16.3 Å². The van der Waals surface area contributed by atoms with Crippen molar-refractivity contribution in [3.63, 3.8) is 0 Å². The van der Waals surface area contributed by atoms with Gasteiger partial charge in [0.25, 0.3) is 5.91 Å². The first kappa shape index (κ1) is 15.1. The maximum Gasteiger partial charge on any atom is 0.258 e. The number of rotatable bonds is 2. The van der Waals surface area contributed by atoms with Crippen molar-refractivity contribution in [3.05, 3.63) is 71.9 Å². The Hall–Kier alpha value is -2.79. The lowest BCUT2D eigenvalue weighted by molar-refractivity contribution is 0.0979. The molecule has 2 aromatic carbocycles. The van der Waals surface area contributed by atoms with Gasteiger partial charge in [-0.25, -0.2) is 4.98 Å². The van der Waals surface area contributed by atoms with Crippen LogP contribution in [-0.2, 0) is 0 Å². The van der Waals surface area contributed by atoms with Crippen molar-refractivity contribution >= 4 is 39.8 Å². The summed E-state index contributed by atoms with van der Waals surface area (Å²) in [4.78, 5) is 16.6. The van der Waals surface area contributed by atoms with Gasteiger partial charge in [0.05, 0.1) is 0 Å². The third-order valence-corrected chi connectivity index (χ3v) is 3.62. The fraction of sp³-hybridized carbons (Fsp3) is 0.0556. The molecule has 1 heterocycles. The largest absolute Gasteiger partial charge is 0.317 e. The molecule has 4 nitrogen and oxygen atoms in total. The number of thiocarbonyl (C=S) groups is 1. The van der Waals surface area contributed by atoms with E-state index in [1.165, 1.54) is 0 Å². The van der Waals surface area contributed by atoms with Crippen LogP contribution in [0.1, 0.15) is 15.9 Å². The number of carbonyl (C=O) groups excluding carboxylic acids is 1. The molecule has 3 aromatic rings. The van der Waals surface area contributed by atoms with Gasteiger partial charge in [0.2, 0.25) is 0 Å². The minimum absolute atomic E-state index is 0.223. The molecule has 0 aliphatic carbocycles. The molecule has 2 N–H and O–H groups in total. The van der Waals surface area contributed by atoms with E-state index in [1.54, 1.807) is 12.3 Å². The van der Waals surface area contributed by atoms with Crippen molar-refractivity contribution in [2.45, 2.75) is 6.92 Å². The second-order valence-corrected chi connectivity index (χ2v) is 5.56. The fourth-order valence-electron chi connectivity index (χ4n) is 2.35. The third-order valence-electron chi connectivity index (χ3n) is 3.42. The van der Waals surface area contributed by atoms with Gasteiger partial charge >= 0.3 is 0 Å². The molecule has 1 aromatic heterocycles. The summed E-state index contributed by atoms with van der Waals surface area (Å²) in [6.45, 7) is 1.96. The number of amides is 1. The number of fused-ring (bicyclic) bond motifs is 1. The number of pyridine rings is 1. The SMILES string of the molecule is Cc1ccnc(NC(=S)NC(=O)c2cccc3ccccc23)c1. The molecule has 23 heavy (non-hydrogen) atoms. The zero-order valence-electron chi connectivity index (χ0n) is 12.5. The predicted octanol–water partition coefficient (Wildman–Crippen LogP) is 3.67. The highest BCUT2D eigenvalue weighted by Crippen LogP contribution is 2.18. The van der Waals surface area contributed by atoms with E-state index >= 15 is 0 Å². The number of carbonyl (C=O) groups is 1. The van der Waals surface area contributed by atoms with Crippen LogP contribution in [0.25, 0.3) is 10.8 Å². The minimum atomic E-state index is -0.244. The van der Waals surface area contributed by atoms with Crippen LogP contribution in [0.2, 0.25) is 0 Å². The molecule has 0 saturated carbocycles. The molecule has 0 atom stereocenters. The molecule has 0 aliphatic rings. The maximum atomic E-state index is 12.5. The van der Waals surface area contributed by atoms with Gasteiger partial charge in [-0.15, -0.1) is 0 Å². The van der Waals surface area contributed by atoms with E-state index < -0.39 is 0 Å². The van der Waals surface area contributed by atoms with E-state index in [1.807, 2.05) is 55.5 Å². The summed E-state index contributed by atoms with van der Waals surface area (Å²) in [6.07, 6.45) is 1.69. The Morgan fingerprint density at radius 1 is 1.09 bits per heavy atom. The summed E-state index contributed by atoms with van der Waals surface area (Å²) in [5.74, 6) is 0.361. The lowest BCUT2D eigenvalue weighted by Crippen LogP contribution is -2.34. The first-order chi connectivity index (χ1) is 11.1. The van der Waals surface area contributed by atoms with Crippen molar-refractivity contribution in [3.8, 4) is 0 Å². The number of anilines is 1. The number of aryl methyl sites for hydroxylation is 1. The van der Waals surface area contributed by atoms with Crippen molar-refractivity contribution < 1.29 is 4.79 Å². The molecular formula is C18H15N3OS. The minimum Gasteiger partial charge on any atom is -0.317 e. The zero-order chi connectivity index (χ0) is 16.2. The number of nitrogens with zero attached hydrogens (tertiary/aromatic N) is 1.